The van der Waals surface area contributed by atoms with Gasteiger partial charge in [-0.15, -0.1) is 0 Å². The lowest BCUT2D eigenvalue weighted by atomic mass is 10.1. The highest BCUT2D eigenvalue weighted by Crippen LogP contribution is 2.39. The van der Waals surface area contributed by atoms with Crippen molar-refractivity contribution in [3.8, 4) is 0 Å². The summed E-state index contributed by atoms with van der Waals surface area (Å²) in [5.41, 5.74) is 2.41. The number of rotatable bonds is 3. The molecule has 1 atom stereocenters. The molecule has 1 fully saturated rings. The minimum absolute atomic E-state index is 0.466. The molecule has 0 unspecified atom stereocenters. The largest absolute Gasteiger partial charge is 0.347 e. The summed E-state index contributed by atoms with van der Waals surface area (Å²) < 4.78 is 0. The molecule has 21 heavy (non-hydrogen) atoms. The van der Waals surface area contributed by atoms with Gasteiger partial charge in [0.05, 0.1) is 10.9 Å². The second-order valence-electron chi connectivity index (χ2n) is 5.49. The van der Waals surface area contributed by atoms with Crippen LogP contribution in [-0.2, 0) is 0 Å². The van der Waals surface area contributed by atoms with Gasteiger partial charge in [-0.1, -0.05) is 60.3 Å². The van der Waals surface area contributed by atoms with Gasteiger partial charge in [0.1, 0.15) is 0 Å². The summed E-state index contributed by atoms with van der Waals surface area (Å²) in [4.78, 5) is 7.24. The summed E-state index contributed by atoms with van der Waals surface area (Å²) >= 11 is 1.87. The summed E-state index contributed by atoms with van der Waals surface area (Å²) in [6, 6.07) is 21.4. The number of aliphatic imine (C=N–C) groups is 1. The molecule has 108 valence electrons. The van der Waals surface area contributed by atoms with Crippen LogP contribution in [-0.4, -0.2) is 22.7 Å². The molecule has 0 aromatic heterocycles. The van der Waals surface area contributed by atoms with Gasteiger partial charge in [0, 0.05) is 12.6 Å². The molecule has 1 aliphatic heterocycles. The molecule has 2 aromatic carbocycles. The minimum atomic E-state index is 0.466. The Balaban J connectivity index is 1.87. The Kier molecular flexibility index (Phi) is 4.30. The van der Waals surface area contributed by atoms with Gasteiger partial charge >= 0.3 is 0 Å². The lowest BCUT2D eigenvalue weighted by Crippen LogP contribution is -2.31. The first-order chi connectivity index (χ1) is 10.2. The van der Waals surface area contributed by atoms with E-state index in [2.05, 4.69) is 61.2 Å². The van der Waals surface area contributed by atoms with Crippen molar-refractivity contribution in [1.29, 1.82) is 0 Å². The molecule has 3 rings (SSSR count). The third kappa shape index (κ3) is 3.30. The first kappa shape index (κ1) is 14.2. The summed E-state index contributed by atoms with van der Waals surface area (Å²) in [5, 5.41) is 1.60. The molecule has 0 spiro atoms. The molecule has 0 bridgehead atoms. The van der Waals surface area contributed by atoms with Crippen LogP contribution in [0.3, 0.4) is 0 Å². The number of para-hydroxylation sites is 1. The standard InChI is InChI=1S/C18H20N2S/c1-14(2)20-13-17(15-9-5-3-6-10-15)21-18(20)19-16-11-7-4-8-12-16/h3-12,14,17H,13H2,1-2H3/t17-/m0/s1. The monoisotopic (exact) mass is 296 g/mol. The molecule has 0 radical (unpaired) electrons. The first-order valence-corrected chi connectivity index (χ1v) is 8.24. The molecule has 0 N–H and O–H groups in total. The van der Waals surface area contributed by atoms with Gasteiger partial charge in [-0.25, -0.2) is 4.99 Å². The predicted octanol–water partition coefficient (Wildman–Crippen LogP) is 4.87. The normalized spacial score (nSPS) is 20.4. The summed E-state index contributed by atoms with van der Waals surface area (Å²) in [6.45, 7) is 5.49. The van der Waals surface area contributed by atoms with Crippen LogP contribution in [0.5, 0.6) is 0 Å². The molecule has 1 aliphatic rings. The second-order valence-corrected chi connectivity index (χ2v) is 6.66. The third-order valence-corrected chi connectivity index (χ3v) is 4.87. The van der Waals surface area contributed by atoms with Crippen molar-refractivity contribution in [1.82, 2.24) is 4.90 Å². The Morgan fingerprint density at radius 2 is 1.62 bits per heavy atom. The van der Waals surface area contributed by atoms with Crippen LogP contribution in [0, 0.1) is 0 Å². The van der Waals surface area contributed by atoms with Crippen molar-refractivity contribution in [3.05, 3.63) is 66.2 Å². The molecule has 0 saturated carbocycles. The van der Waals surface area contributed by atoms with E-state index in [1.807, 2.05) is 30.0 Å². The zero-order chi connectivity index (χ0) is 14.7. The number of benzene rings is 2. The van der Waals surface area contributed by atoms with Crippen LogP contribution in [0.2, 0.25) is 0 Å². The van der Waals surface area contributed by atoms with Crippen molar-refractivity contribution >= 4 is 22.6 Å². The fraction of sp³-hybridized carbons (Fsp3) is 0.278. The first-order valence-electron chi connectivity index (χ1n) is 7.36. The maximum absolute atomic E-state index is 4.84. The lowest BCUT2D eigenvalue weighted by Gasteiger charge is -2.22. The van der Waals surface area contributed by atoms with Gasteiger partial charge in [-0.2, -0.15) is 0 Å². The van der Waals surface area contributed by atoms with Crippen LogP contribution in [0.1, 0.15) is 24.7 Å². The summed E-state index contributed by atoms with van der Waals surface area (Å²) in [6.07, 6.45) is 0. The quantitative estimate of drug-likeness (QED) is 0.802. The highest BCUT2D eigenvalue weighted by Gasteiger charge is 2.31. The van der Waals surface area contributed by atoms with Crippen LogP contribution >= 0.6 is 11.8 Å². The van der Waals surface area contributed by atoms with Gasteiger partial charge in [0.25, 0.3) is 0 Å². The average Bonchev–Trinajstić information content (AvgIpc) is 2.93. The minimum Gasteiger partial charge on any atom is -0.347 e. The fourth-order valence-corrected chi connectivity index (χ4v) is 3.83. The van der Waals surface area contributed by atoms with Crippen LogP contribution in [0.4, 0.5) is 5.69 Å². The number of hydrogen-bond donors (Lipinski definition) is 0. The van der Waals surface area contributed by atoms with E-state index in [0.29, 0.717) is 11.3 Å². The Bertz CT molecular complexity index is 608. The van der Waals surface area contributed by atoms with Crippen LogP contribution < -0.4 is 0 Å². The lowest BCUT2D eigenvalue weighted by molar-refractivity contribution is 0.367. The van der Waals surface area contributed by atoms with E-state index in [9.17, 15) is 0 Å². The SMILES string of the molecule is CC(C)N1C[C@@H](c2ccccc2)SC1=Nc1ccccc1. The summed E-state index contributed by atoms with van der Waals surface area (Å²) in [7, 11) is 0. The molecular weight excluding hydrogens is 276 g/mol. The molecule has 2 aromatic rings. The highest BCUT2D eigenvalue weighted by atomic mass is 32.2. The zero-order valence-corrected chi connectivity index (χ0v) is 13.3. The number of nitrogens with zero attached hydrogens (tertiary/aromatic N) is 2. The van der Waals surface area contributed by atoms with E-state index < -0.39 is 0 Å². The second kappa shape index (κ2) is 6.35. The molecule has 1 saturated heterocycles. The Hall–Kier alpha value is -1.74. The van der Waals surface area contributed by atoms with E-state index in [1.54, 1.807) is 0 Å². The van der Waals surface area contributed by atoms with Crippen LogP contribution in [0.25, 0.3) is 0 Å². The van der Waals surface area contributed by atoms with Crippen molar-refractivity contribution in [2.24, 2.45) is 4.99 Å². The zero-order valence-electron chi connectivity index (χ0n) is 12.4. The average molecular weight is 296 g/mol. The van der Waals surface area contributed by atoms with Crippen molar-refractivity contribution < 1.29 is 0 Å². The Morgan fingerprint density at radius 3 is 2.24 bits per heavy atom. The molecule has 0 amide bonds. The molecular formula is C18H20N2S. The number of amidine groups is 1. The topological polar surface area (TPSA) is 15.6 Å². The number of thioether (sulfide) groups is 1. The van der Waals surface area contributed by atoms with E-state index >= 15 is 0 Å². The van der Waals surface area contributed by atoms with Crippen molar-refractivity contribution in [2.75, 3.05) is 6.54 Å². The predicted molar refractivity (Wildman–Crippen MR) is 92.2 cm³/mol. The van der Waals surface area contributed by atoms with E-state index in [0.717, 1.165) is 17.4 Å². The maximum Gasteiger partial charge on any atom is 0.165 e. The van der Waals surface area contributed by atoms with Gasteiger partial charge in [0.2, 0.25) is 0 Å². The summed E-state index contributed by atoms with van der Waals surface area (Å²) in [5.74, 6) is 0. The van der Waals surface area contributed by atoms with Crippen molar-refractivity contribution in [3.63, 3.8) is 0 Å². The van der Waals surface area contributed by atoms with Gasteiger partial charge in [-0.05, 0) is 31.5 Å². The maximum atomic E-state index is 4.84. The van der Waals surface area contributed by atoms with Crippen LogP contribution in [0.15, 0.2) is 65.7 Å². The fourth-order valence-electron chi connectivity index (χ4n) is 2.47. The van der Waals surface area contributed by atoms with E-state index in [-0.39, 0.29) is 0 Å². The number of hydrogen-bond acceptors (Lipinski definition) is 2. The molecule has 0 aliphatic carbocycles. The highest BCUT2D eigenvalue weighted by molar-refractivity contribution is 8.14. The van der Waals surface area contributed by atoms with E-state index in [1.165, 1.54) is 5.56 Å². The molecule has 1 heterocycles. The van der Waals surface area contributed by atoms with Gasteiger partial charge in [-0.3, -0.25) is 0 Å². The van der Waals surface area contributed by atoms with Gasteiger partial charge in [0.15, 0.2) is 5.17 Å². The Labute approximate surface area is 130 Å². The third-order valence-electron chi connectivity index (χ3n) is 3.63. The molecule has 2 nitrogen and oxygen atoms in total. The molecule has 3 heteroatoms. The smallest absolute Gasteiger partial charge is 0.165 e. The van der Waals surface area contributed by atoms with E-state index in [4.69, 9.17) is 4.99 Å². The van der Waals surface area contributed by atoms with Crippen molar-refractivity contribution in [2.45, 2.75) is 25.1 Å². The van der Waals surface area contributed by atoms with Gasteiger partial charge < -0.3 is 4.90 Å². The Morgan fingerprint density at radius 1 is 1.00 bits per heavy atom.